The Hall–Kier alpha value is -3.26. The van der Waals surface area contributed by atoms with E-state index in [4.69, 9.17) is 19.2 Å². The molecular weight excluding hydrogens is 438 g/mol. The Balaban J connectivity index is 1.42. The number of ether oxygens (including phenoxy) is 3. The van der Waals surface area contributed by atoms with E-state index in [0.29, 0.717) is 30.3 Å². The van der Waals surface area contributed by atoms with Gasteiger partial charge in [0.15, 0.2) is 16.6 Å². The van der Waals surface area contributed by atoms with Crippen LogP contribution in [0.3, 0.4) is 0 Å². The minimum atomic E-state index is -0.0145. The molecule has 1 fully saturated rings. The van der Waals surface area contributed by atoms with Crippen molar-refractivity contribution in [2.24, 2.45) is 0 Å². The molecule has 4 rings (SSSR count). The molecule has 1 saturated heterocycles. The first-order valence-electron chi connectivity index (χ1n) is 10.8. The van der Waals surface area contributed by atoms with Crippen molar-refractivity contribution in [3.05, 3.63) is 47.0 Å². The van der Waals surface area contributed by atoms with E-state index in [1.54, 1.807) is 44.8 Å². The Bertz CT molecular complexity index is 1130. The molecule has 8 heteroatoms. The van der Waals surface area contributed by atoms with Crippen molar-refractivity contribution in [2.75, 3.05) is 52.4 Å². The van der Waals surface area contributed by atoms with Crippen LogP contribution in [0.25, 0.3) is 16.3 Å². The fraction of sp³-hybridized carbons (Fsp3) is 0.360. The van der Waals surface area contributed by atoms with E-state index >= 15 is 0 Å². The van der Waals surface area contributed by atoms with Crippen LogP contribution in [0, 0.1) is 13.8 Å². The second kappa shape index (κ2) is 9.70. The summed E-state index contributed by atoms with van der Waals surface area (Å²) in [4.78, 5) is 21.8. The zero-order valence-electron chi connectivity index (χ0n) is 19.7. The molecule has 2 heterocycles. The summed E-state index contributed by atoms with van der Waals surface area (Å²) >= 11 is 1.74. The van der Waals surface area contributed by atoms with Gasteiger partial charge < -0.3 is 24.0 Å². The zero-order chi connectivity index (χ0) is 23.5. The van der Waals surface area contributed by atoms with Crippen LogP contribution in [0.4, 0.5) is 5.13 Å². The van der Waals surface area contributed by atoms with E-state index in [9.17, 15) is 4.79 Å². The molecule has 0 spiro atoms. The van der Waals surface area contributed by atoms with Crippen LogP contribution < -0.4 is 19.1 Å². The summed E-state index contributed by atoms with van der Waals surface area (Å²) in [5.74, 6) is 1.62. The van der Waals surface area contributed by atoms with E-state index in [-0.39, 0.29) is 5.91 Å². The summed E-state index contributed by atoms with van der Waals surface area (Å²) in [5.41, 5.74) is 4.34. The minimum Gasteiger partial charge on any atom is -0.493 e. The van der Waals surface area contributed by atoms with Crippen molar-refractivity contribution in [1.29, 1.82) is 0 Å². The largest absolute Gasteiger partial charge is 0.493 e. The van der Waals surface area contributed by atoms with Crippen LogP contribution in [-0.2, 0) is 4.79 Å². The molecular formula is C25H29N3O4S. The number of thiazole rings is 1. The van der Waals surface area contributed by atoms with Crippen molar-refractivity contribution in [2.45, 2.75) is 13.8 Å². The summed E-state index contributed by atoms with van der Waals surface area (Å²) in [7, 11) is 4.71. The van der Waals surface area contributed by atoms with Gasteiger partial charge in [0.1, 0.15) is 0 Å². The molecule has 0 bridgehead atoms. The summed E-state index contributed by atoms with van der Waals surface area (Å²) in [5, 5.41) is 1.03. The Morgan fingerprint density at radius 2 is 1.61 bits per heavy atom. The molecule has 1 aliphatic heterocycles. The van der Waals surface area contributed by atoms with E-state index in [1.807, 2.05) is 17.0 Å². The number of methoxy groups -OCH3 is 3. The Morgan fingerprint density at radius 3 is 2.18 bits per heavy atom. The predicted octanol–water partition coefficient (Wildman–Crippen LogP) is 4.30. The average Bonchev–Trinajstić information content (AvgIpc) is 3.31. The van der Waals surface area contributed by atoms with Gasteiger partial charge in [-0.15, -0.1) is 0 Å². The van der Waals surface area contributed by atoms with Gasteiger partial charge in [-0.3, -0.25) is 4.79 Å². The molecule has 0 N–H and O–H groups in total. The van der Waals surface area contributed by atoms with Gasteiger partial charge >= 0.3 is 0 Å². The number of hydrogen-bond acceptors (Lipinski definition) is 7. The molecule has 0 radical (unpaired) electrons. The third-order valence-electron chi connectivity index (χ3n) is 5.90. The number of carbonyl (C=O) groups is 1. The lowest BCUT2D eigenvalue weighted by atomic mass is 10.1. The van der Waals surface area contributed by atoms with Gasteiger partial charge in [-0.2, -0.15) is 0 Å². The molecule has 174 valence electrons. The minimum absolute atomic E-state index is 0.0145. The highest BCUT2D eigenvalue weighted by molar-refractivity contribution is 7.22. The van der Waals surface area contributed by atoms with E-state index < -0.39 is 0 Å². The highest BCUT2D eigenvalue weighted by Crippen LogP contribution is 2.38. The van der Waals surface area contributed by atoms with Crippen molar-refractivity contribution in [3.8, 4) is 17.2 Å². The fourth-order valence-corrected chi connectivity index (χ4v) is 5.14. The molecule has 0 saturated carbocycles. The molecule has 0 aliphatic carbocycles. The van der Waals surface area contributed by atoms with E-state index in [0.717, 1.165) is 29.3 Å². The summed E-state index contributed by atoms with van der Waals surface area (Å²) in [6.07, 6.45) is 3.37. The van der Waals surface area contributed by atoms with Crippen molar-refractivity contribution in [1.82, 2.24) is 9.88 Å². The van der Waals surface area contributed by atoms with Crippen LogP contribution in [0.15, 0.2) is 30.3 Å². The van der Waals surface area contributed by atoms with Crippen molar-refractivity contribution in [3.63, 3.8) is 0 Å². The standard InChI is InChI=1S/C25H29N3O4S/c1-16-6-7-17(2)24-22(16)26-25(33-24)28-12-10-27(11-13-28)21(29)9-8-18-14-19(30-3)23(32-5)20(15-18)31-4/h6-9,14-15H,10-13H2,1-5H3/b9-8-. The zero-order valence-corrected chi connectivity index (χ0v) is 20.5. The second-order valence-electron chi connectivity index (χ2n) is 7.98. The van der Waals surface area contributed by atoms with Gasteiger partial charge in [0, 0.05) is 32.3 Å². The van der Waals surface area contributed by atoms with Gasteiger partial charge in [-0.1, -0.05) is 23.5 Å². The normalized spacial score (nSPS) is 14.2. The highest BCUT2D eigenvalue weighted by atomic mass is 32.1. The average molecular weight is 468 g/mol. The topological polar surface area (TPSA) is 64.1 Å². The monoisotopic (exact) mass is 467 g/mol. The maximum Gasteiger partial charge on any atom is 0.246 e. The smallest absolute Gasteiger partial charge is 0.246 e. The van der Waals surface area contributed by atoms with Crippen LogP contribution >= 0.6 is 11.3 Å². The summed E-state index contributed by atoms with van der Waals surface area (Å²) in [6, 6.07) is 7.91. The van der Waals surface area contributed by atoms with Crippen LogP contribution in [0.1, 0.15) is 16.7 Å². The number of rotatable bonds is 6. The Labute approximate surface area is 198 Å². The predicted molar refractivity (Wildman–Crippen MR) is 133 cm³/mol. The second-order valence-corrected chi connectivity index (χ2v) is 8.96. The van der Waals surface area contributed by atoms with Gasteiger partial charge in [-0.25, -0.2) is 4.98 Å². The third kappa shape index (κ3) is 4.61. The molecule has 1 amide bonds. The third-order valence-corrected chi connectivity index (χ3v) is 7.15. The number of aryl methyl sites for hydroxylation is 2. The van der Waals surface area contributed by atoms with E-state index in [2.05, 4.69) is 30.9 Å². The lowest BCUT2D eigenvalue weighted by Gasteiger charge is -2.34. The maximum absolute atomic E-state index is 12.8. The van der Waals surface area contributed by atoms with Crippen molar-refractivity contribution < 1.29 is 19.0 Å². The van der Waals surface area contributed by atoms with Gasteiger partial charge in [-0.05, 0) is 48.7 Å². The number of aromatic nitrogens is 1. The first kappa shape index (κ1) is 22.9. The lowest BCUT2D eigenvalue weighted by Crippen LogP contribution is -2.48. The number of carbonyl (C=O) groups excluding carboxylic acids is 1. The number of hydrogen-bond donors (Lipinski definition) is 0. The van der Waals surface area contributed by atoms with E-state index in [1.165, 1.54) is 15.8 Å². The molecule has 1 aromatic heterocycles. The Morgan fingerprint density at radius 1 is 0.970 bits per heavy atom. The van der Waals surface area contributed by atoms with Crippen LogP contribution in [-0.4, -0.2) is 63.3 Å². The fourth-order valence-electron chi connectivity index (χ4n) is 3.97. The summed E-state index contributed by atoms with van der Waals surface area (Å²) < 4.78 is 17.4. The molecule has 3 aromatic rings. The number of piperazine rings is 1. The van der Waals surface area contributed by atoms with Crippen molar-refractivity contribution >= 4 is 38.7 Å². The number of amides is 1. The number of nitrogens with zero attached hydrogens (tertiary/aromatic N) is 3. The van der Waals surface area contributed by atoms with Crippen LogP contribution in [0.5, 0.6) is 17.2 Å². The SMILES string of the molecule is COc1cc(/C=C\C(=O)N2CCN(c3nc4c(C)ccc(C)c4s3)CC2)cc(OC)c1OC. The maximum atomic E-state index is 12.8. The first-order chi connectivity index (χ1) is 15.9. The molecule has 0 unspecified atom stereocenters. The molecule has 2 aromatic carbocycles. The highest BCUT2D eigenvalue weighted by Gasteiger charge is 2.22. The summed E-state index contributed by atoms with van der Waals surface area (Å²) in [6.45, 7) is 7.07. The lowest BCUT2D eigenvalue weighted by molar-refractivity contribution is -0.126. The molecule has 0 atom stereocenters. The van der Waals surface area contributed by atoms with Gasteiger partial charge in [0.05, 0.1) is 31.5 Å². The first-order valence-corrected chi connectivity index (χ1v) is 11.7. The number of anilines is 1. The number of benzene rings is 2. The molecule has 1 aliphatic rings. The van der Waals surface area contributed by atoms with Crippen LogP contribution in [0.2, 0.25) is 0 Å². The van der Waals surface area contributed by atoms with Gasteiger partial charge in [0.25, 0.3) is 0 Å². The molecule has 33 heavy (non-hydrogen) atoms. The molecule has 7 nitrogen and oxygen atoms in total. The Kier molecular flexibility index (Phi) is 6.74. The van der Waals surface area contributed by atoms with Gasteiger partial charge in [0.2, 0.25) is 11.7 Å². The number of fused-ring (bicyclic) bond motifs is 1. The quantitative estimate of drug-likeness (QED) is 0.504.